The quantitative estimate of drug-likeness (QED) is 0.0241. The fourth-order valence-corrected chi connectivity index (χ4v) is 7.89. The number of methoxy groups -OCH3 is 2. The molecule has 1 aliphatic heterocycles. The van der Waals surface area contributed by atoms with Gasteiger partial charge in [-0.25, -0.2) is 5.48 Å². The molecule has 12 nitrogen and oxygen atoms in total. The molecule has 0 radical (unpaired) electrons. The summed E-state index contributed by atoms with van der Waals surface area (Å²) in [6, 6.07) is 33.1. The van der Waals surface area contributed by atoms with E-state index >= 15 is 0 Å². The summed E-state index contributed by atoms with van der Waals surface area (Å²) in [5.74, 6) is 0.261. The first-order valence-corrected chi connectivity index (χ1v) is 21.2. The summed E-state index contributed by atoms with van der Waals surface area (Å²) in [4.78, 5) is 53.1. The van der Waals surface area contributed by atoms with Gasteiger partial charge < -0.3 is 29.2 Å². The molecule has 4 aromatic carbocycles. The SMILES string of the molecule is COc1ccc(C(OC[C@@H]2C[C@@H](OC(=O)CCC(=O)NO)CN2C(=O)CCCCCNC(=O)[C@@H](C)c2ccc(CC(C)C)cc2)(c2ccccc2)c2ccc(OC)cc2)cc1. The maximum Gasteiger partial charge on any atom is 0.306 e. The third kappa shape index (κ3) is 12.7. The Morgan fingerprint density at radius 2 is 1.36 bits per heavy atom. The number of ether oxygens (including phenoxy) is 4. The molecule has 3 N–H and O–H groups in total. The highest BCUT2D eigenvalue weighted by molar-refractivity contribution is 5.83. The first kappa shape index (κ1) is 46.3. The molecule has 1 aliphatic rings. The summed E-state index contributed by atoms with van der Waals surface area (Å²) in [6.07, 6.45) is 2.58. The Morgan fingerprint density at radius 1 is 0.754 bits per heavy atom. The Labute approximate surface area is 359 Å². The zero-order chi connectivity index (χ0) is 43.8. The number of amides is 3. The van der Waals surface area contributed by atoms with E-state index < -0.39 is 29.6 Å². The lowest BCUT2D eigenvalue weighted by atomic mass is 9.80. The topological polar surface area (TPSA) is 153 Å². The molecule has 3 atom stereocenters. The average Bonchev–Trinajstić information content (AvgIpc) is 3.69. The molecule has 1 heterocycles. The second-order valence-corrected chi connectivity index (χ2v) is 16.1. The van der Waals surface area contributed by atoms with Crippen LogP contribution in [0.2, 0.25) is 0 Å². The third-order valence-corrected chi connectivity index (χ3v) is 11.2. The standard InChI is InChI=1S/C49H61N3O9/c1-34(2)30-36-15-17-37(18-16-36)35(3)48(56)50-29-11-7-10-14-46(54)52-32-44(61-47(55)28-27-45(53)51-57)31-41(52)33-60-49(38-12-8-6-9-13-38,39-19-23-42(58-4)24-20-39)40-21-25-43(59-5)26-22-40/h6,8-9,12-13,15-26,34-35,41,44,57H,7,10-11,14,27-33H2,1-5H3,(H,50,56)(H,51,53)/t35-,41-,44+/m0/s1. The van der Waals surface area contributed by atoms with Crippen LogP contribution in [0, 0.1) is 5.92 Å². The highest BCUT2D eigenvalue weighted by atomic mass is 16.5. The van der Waals surface area contributed by atoms with Crippen molar-refractivity contribution >= 4 is 23.7 Å². The van der Waals surface area contributed by atoms with Gasteiger partial charge in [-0.2, -0.15) is 0 Å². The number of unbranched alkanes of at least 4 members (excludes halogenated alkanes) is 2. The van der Waals surface area contributed by atoms with Gasteiger partial charge >= 0.3 is 5.97 Å². The van der Waals surface area contributed by atoms with E-state index in [-0.39, 0.29) is 50.1 Å². The van der Waals surface area contributed by atoms with Crippen molar-refractivity contribution in [1.29, 1.82) is 0 Å². The lowest BCUT2D eigenvalue weighted by Gasteiger charge is -2.38. The number of carbonyl (C=O) groups excluding carboxylic acids is 4. The van der Waals surface area contributed by atoms with Crippen molar-refractivity contribution in [2.24, 2.45) is 5.92 Å². The van der Waals surface area contributed by atoms with Crippen molar-refractivity contribution in [2.45, 2.75) is 95.8 Å². The molecule has 0 saturated carbocycles. The first-order valence-electron chi connectivity index (χ1n) is 21.2. The maximum atomic E-state index is 14.0. The molecule has 12 heteroatoms. The van der Waals surface area contributed by atoms with E-state index in [1.54, 1.807) is 19.1 Å². The average molecular weight is 836 g/mol. The Balaban J connectivity index is 1.28. The number of carbonyl (C=O) groups is 4. The summed E-state index contributed by atoms with van der Waals surface area (Å²) in [7, 11) is 3.23. The van der Waals surface area contributed by atoms with E-state index in [1.165, 1.54) is 11.0 Å². The Bertz CT molecular complexity index is 1960. The largest absolute Gasteiger partial charge is 0.497 e. The fraction of sp³-hybridized carbons (Fsp3) is 0.429. The molecule has 61 heavy (non-hydrogen) atoms. The summed E-state index contributed by atoms with van der Waals surface area (Å²) in [6.45, 7) is 7.07. The van der Waals surface area contributed by atoms with Gasteiger partial charge in [-0.15, -0.1) is 0 Å². The number of nitrogens with one attached hydrogen (secondary N) is 2. The van der Waals surface area contributed by atoms with Crippen molar-refractivity contribution in [3.8, 4) is 11.5 Å². The number of hydrogen-bond donors (Lipinski definition) is 3. The monoisotopic (exact) mass is 835 g/mol. The van der Waals surface area contributed by atoms with Gasteiger partial charge in [0.25, 0.3) is 0 Å². The van der Waals surface area contributed by atoms with Gasteiger partial charge in [-0.3, -0.25) is 24.4 Å². The van der Waals surface area contributed by atoms with E-state index in [4.69, 9.17) is 24.2 Å². The van der Waals surface area contributed by atoms with Crippen LogP contribution >= 0.6 is 0 Å². The van der Waals surface area contributed by atoms with Gasteiger partial charge in [0.2, 0.25) is 17.7 Å². The van der Waals surface area contributed by atoms with Crippen LogP contribution < -0.4 is 20.3 Å². The zero-order valence-electron chi connectivity index (χ0n) is 36.1. The predicted octanol–water partition coefficient (Wildman–Crippen LogP) is 7.49. The Hall–Kier alpha value is -5.72. The van der Waals surface area contributed by atoms with Crippen LogP contribution in [-0.4, -0.2) is 79.9 Å². The lowest BCUT2D eigenvalue weighted by molar-refractivity contribution is -0.150. The van der Waals surface area contributed by atoms with E-state index in [0.717, 1.165) is 41.5 Å². The Kier molecular flexibility index (Phi) is 17.3. The molecule has 326 valence electrons. The number of rotatable bonds is 22. The molecule has 3 amide bonds. The van der Waals surface area contributed by atoms with E-state index in [9.17, 15) is 19.2 Å². The minimum absolute atomic E-state index is 0.0268. The van der Waals surface area contributed by atoms with Gasteiger partial charge in [0.05, 0.1) is 45.8 Å². The van der Waals surface area contributed by atoms with Crippen LogP contribution in [0.25, 0.3) is 0 Å². The third-order valence-electron chi connectivity index (χ3n) is 11.2. The summed E-state index contributed by atoms with van der Waals surface area (Å²) in [5, 5.41) is 11.9. The van der Waals surface area contributed by atoms with Gasteiger partial charge in [-0.05, 0) is 84.2 Å². The van der Waals surface area contributed by atoms with E-state index in [1.807, 2.05) is 97.9 Å². The minimum atomic E-state index is -1.12. The summed E-state index contributed by atoms with van der Waals surface area (Å²) < 4.78 is 23.9. The molecular weight excluding hydrogens is 775 g/mol. The fourth-order valence-electron chi connectivity index (χ4n) is 7.89. The molecule has 0 spiro atoms. The number of hydrogen-bond acceptors (Lipinski definition) is 9. The molecule has 5 rings (SSSR count). The van der Waals surface area contributed by atoms with Gasteiger partial charge in [0, 0.05) is 25.8 Å². The zero-order valence-corrected chi connectivity index (χ0v) is 36.1. The Morgan fingerprint density at radius 3 is 1.93 bits per heavy atom. The first-order chi connectivity index (χ1) is 29.5. The number of esters is 1. The van der Waals surface area contributed by atoms with E-state index in [2.05, 4.69) is 31.3 Å². The molecule has 0 aliphatic carbocycles. The molecule has 0 aromatic heterocycles. The molecule has 0 unspecified atom stereocenters. The van der Waals surface area contributed by atoms with Crippen molar-refractivity contribution in [3.05, 3.63) is 131 Å². The molecular formula is C49H61N3O9. The molecule has 1 saturated heterocycles. The predicted molar refractivity (Wildman–Crippen MR) is 232 cm³/mol. The van der Waals surface area contributed by atoms with Crippen LogP contribution in [0.1, 0.15) is 99.5 Å². The van der Waals surface area contributed by atoms with Crippen LogP contribution in [0.4, 0.5) is 0 Å². The highest BCUT2D eigenvalue weighted by Crippen LogP contribution is 2.42. The second-order valence-electron chi connectivity index (χ2n) is 16.1. The van der Waals surface area contributed by atoms with Crippen LogP contribution in [0.3, 0.4) is 0 Å². The number of hydroxylamine groups is 1. The van der Waals surface area contributed by atoms with Crippen molar-refractivity contribution in [2.75, 3.05) is 33.9 Å². The maximum absolute atomic E-state index is 14.0. The van der Waals surface area contributed by atoms with Gasteiger partial charge in [0.1, 0.15) is 23.2 Å². The molecule has 1 fully saturated rings. The second kappa shape index (κ2) is 22.8. The molecule has 0 bridgehead atoms. The normalized spacial score (nSPS) is 15.6. The van der Waals surface area contributed by atoms with Gasteiger partial charge in [-0.1, -0.05) is 99.1 Å². The minimum Gasteiger partial charge on any atom is -0.497 e. The van der Waals surface area contributed by atoms with Crippen LogP contribution in [0.5, 0.6) is 11.5 Å². The smallest absolute Gasteiger partial charge is 0.306 e. The van der Waals surface area contributed by atoms with Crippen molar-refractivity contribution in [1.82, 2.24) is 15.7 Å². The van der Waals surface area contributed by atoms with Gasteiger partial charge in [0.15, 0.2) is 0 Å². The van der Waals surface area contributed by atoms with Crippen LogP contribution in [0.15, 0.2) is 103 Å². The number of benzene rings is 4. The highest BCUT2D eigenvalue weighted by Gasteiger charge is 2.42. The molecule has 4 aromatic rings. The lowest BCUT2D eigenvalue weighted by Crippen LogP contribution is -2.42. The number of likely N-dealkylation sites (tertiary alicyclic amines) is 1. The van der Waals surface area contributed by atoms with Crippen molar-refractivity contribution < 1.29 is 43.3 Å². The van der Waals surface area contributed by atoms with Crippen molar-refractivity contribution in [3.63, 3.8) is 0 Å². The van der Waals surface area contributed by atoms with Crippen LogP contribution in [-0.2, 0) is 40.7 Å². The van der Waals surface area contributed by atoms with E-state index in [0.29, 0.717) is 36.8 Å². The number of nitrogens with zero attached hydrogens (tertiary/aromatic N) is 1. The summed E-state index contributed by atoms with van der Waals surface area (Å²) in [5.41, 5.74) is 5.20. The summed E-state index contributed by atoms with van der Waals surface area (Å²) >= 11 is 0.